The van der Waals surface area contributed by atoms with Crippen molar-refractivity contribution in [1.82, 2.24) is 9.80 Å². The normalized spacial score (nSPS) is 20.0. The molecule has 0 aliphatic carbocycles. The Labute approximate surface area is 171 Å². The predicted molar refractivity (Wildman–Crippen MR) is 114 cm³/mol. The van der Waals surface area contributed by atoms with Gasteiger partial charge in [-0.1, -0.05) is 24.3 Å². The van der Waals surface area contributed by atoms with E-state index < -0.39 is 0 Å². The lowest BCUT2D eigenvalue weighted by Crippen LogP contribution is -2.44. The van der Waals surface area contributed by atoms with Crippen molar-refractivity contribution in [2.24, 2.45) is 0 Å². The molecule has 2 aromatic carbocycles. The molecule has 2 aliphatic heterocycles. The number of benzene rings is 2. The van der Waals surface area contributed by atoms with Gasteiger partial charge in [-0.05, 0) is 42.5 Å². The Kier molecular flexibility index (Phi) is 6.20. The molecule has 0 saturated carbocycles. The van der Waals surface area contributed by atoms with E-state index in [9.17, 15) is 4.79 Å². The van der Waals surface area contributed by atoms with Crippen LogP contribution in [-0.4, -0.2) is 61.4 Å². The van der Waals surface area contributed by atoms with E-state index in [1.54, 1.807) is 11.8 Å². The van der Waals surface area contributed by atoms with E-state index in [1.165, 1.54) is 4.90 Å². The van der Waals surface area contributed by atoms with E-state index in [2.05, 4.69) is 40.7 Å². The zero-order valence-corrected chi connectivity index (χ0v) is 17.1. The Morgan fingerprint density at radius 2 is 1.82 bits per heavy atom. The number of fused-ring (bicyclic) bond motifs is 1. The quantitative estimate of drug-likeness (QED) is 0.753. The summed E-state index contributed by atoms with van der Waals surface area (Å²) in [6, 6.07) is 16.3. The Morgan fingerprint density at radius 3 is 2.57 bits per heavy atom. The molecule has 2 aromatic rings. The summed E-state index contributed by atoms with van der Waals surface area (Å²) in [6.45, 7) is 5.30. The van der Waals surface area contributed by atoms with Gasteiger partial charge in [-0.25, -0.2) is 0 Å². The van der Waals surface area contributed by atoms with Gasteiger partial charge in [0.05, 0.1) is 18.8 Å². The number of anilines is 1. The molecule has 1 N–H and O–H groups in total. The maximum atomic E-state index is 13.3. The van der Waals surface area contributed by atoms with E-state index in [4.69, 9.17) is 4.74 Å². The van der Waals surface area contributed by atoms with Crippen molar-refractivity contribution in [2.45, 2.75) is 17.5 Å². The SMILES string of the molecule is CSc1ccc([C@H]2Nc3ccccc3C(=O)N2CCCN2CCOCC2)cc1. The van der Waals surface area contributed by atoms with Crippen LogP contribution in [0.3, 0.4) is 0 Å². The van der Waals surface area contributed by atoms with Crippen molar-refractivity contribution in [1.29, 1.82) is 0 Å². The molecular formula is C22H27N3O2S. The second-order valence-corrected chi connectivity index (χ2v) is 8.05. The van der Waals surface area contributed by atoms with Gasteiger partial charge < -0.3 is 15.0 Å². The van der Waals surface area contributed by atoms with Gasteiger partial charge in [-0.15, -0.1) is 11.8 Å². The highest BCUT2D eigenvalue weighted by Crippen LogP contribution is 2.33. The Balaban J connectivity index is 1.53. The van der Waals surface area contributed by atoms with Crippen LogP contribution in [0.1, 0.15) is 28.5 Å². The number of nitrogens with zero attached hydrogens (tertiary/aromatic N) is 2. The molecule has 2 heterocycles. The molecule has 1 amide bonds. The number of carbonyl (C=O) groups excluding carboxylic acids is 1. The van der Waals surface area contributed by atoms with Crippen LogP contribution in [0.2, 0.25) is 0 Å². The average molecular weight is 398 g/mol. The van der Waals surface area contributed by atoms with Crippen molar-refractivity contribution in [3.63, 3.8) is 0 Å². The monoisotopic (exact) mass is 397 g/mol. The number of thioether (sulfide) groups is 1. The molecule has 1 fully saturated rings. The largest absolute Gasteiger partial charge is 0.379 e. The van der Waals surface area contributed by atoms with Gasteiger partial charge in [0.1, 0.15) is 6.17 Å². The van der Waals surface area contributed by atoms with Crippen LogP contribution in [0, 0.1) is 0 Å². The summed E-state index contributed by atoms with van der Waals surface area (Å²) in [5, 5.41) is 3.58. The molecule has 1 atom stereocenters. The molecule has 2 aliphatic rings. The maximum Gasteiger partial charge on any atom is 0.257 e. The van der Waals surface area contributed by atoms with E-state index >= 15 is 0 Å². The summed E-state index contributed by atoms with van der Waals surface area (Å²) in [4.78, 5) is 18.9. The molecule has 4 rings (SSSR count). The Morgan fingerprint density at radius 1 is 1.07 bits per heavy atom. The van der Waals surface area contributed by atoms with Gasteiger partial charge in [0.25, 0.3) is 5.91 Å². The van der Waals surface area contributed by atoms with Crippen LogP contribution in [0.4, 0.5) is 5.69 Å². The van der Waals surface area contributed by atoms with Gasteiger partial charge in [0.2, 0.25) is 0 Å². The highest BCUT2D eigenvalue weighted by Gasteiger charge is 2.32. The van der Waals surface area contributed by atoms with E-state index in [-0.39, 0.29) is 12.1 Å². The lowest BCUT2D eigenvalue weighted by Gasteiger charge is -2.38. The zero-order valence-electron chi connectivity index (χ0n) is 16.3. The highest BCUT2D eigenvalue weighted by atomic mass is 32.2. The first-order valence-corrected chi connectivity index (χ1v) is 11.1. The first-order valence-electron chi connectivity index (χ1n) is 9.87. The highest BCUT2D eigenvalue weighted by molar-refractivity contribution is 7.98. The van der Waals surface area contributed by atoms with E-state index in [0.29, 0.717) is 0 Å². The summed E-state index contributed by atoms with van der Waals surface area (Å²) in [5.41, 5.74) is 2.79. The molecular weight excluding hydrogens is 370 g/mol. The number of amides is 1. The second kappa shape index (κ2) is 8.99. The number of morpholine rings is 1. The summed E-state index contributed by atoms with van der Waals surface area (Å²) in [6.07, 6.45) is 2.89. The Bertz CT molecular complexity index is 806. The lowest BCUT2D eigenvalue weighted by atomic mass is 10.0. The molecule has 1 saturated heterocycles. The van der Waals surface area contributed by atoms with Gasteiger partial charge >= 0.3 is 0 Å². The minimum Gasteiger partial charge on any atom is -0.379 e. The minimum atomic E-state index is -0.136. The topological polar surface area (TPSA) is 44.8 Å². The summed E-state index contributed by atoms with van der Waals surface area (Å²) in [7, 11) is 0. The van der Waals surface area contributed by atoms with E-state index in [1.807, 2.05) is 29.2 Å². The number of hydrogen-bond donors (Lipinski definition) is 1. The molecule has 0 radical (unpaired) electrons. The summed E-state index contributed by atoms with van der Waals surface area (Å²) in [5.74, 6) is 0.107. The second-order valence-electron chi connectivity index (χ2n) is 7.17. The molecule has 148 valence electrons. The first-order chi connectivity index (χ1) is 13.8. The van der Waals surface area contributed by atoms with Crippen LogP contribution < -0.4 is 5.32 Å². The first kappa shape index (κ1) is 19.3. The maximum absolute atomic E-state index is 13.3. The number of rotatable bonds is 6. The molecule has 5 nitrogen and oxygen atoms in total. The minimum absolute atomic E-state index is 0.107. The predicted octanol–water partition coefficient (Wildman–Crippen LogP) is 3.70. The number of para-hydroxylation sites is 1. The van der Waals surface area contributed by atoms with Crippen LogP contribution in [0.5, 0.6) is 0 Å². The standard InChI is InChI=1S/C22H27N3O2S/c1-28-18-9-7-17(8-10-18)21-23-20-6-3-2-5-19(20)22(26)25(21)12-4-11-24-13-15-27-16-14-24/h2-3,5-10,21,23H,4,11-16H2,1H3/t21-/m0/s1. The van der Waals surface area contributed by atoms with Gasteiger partial charge in [-0.3, -0.25) is 9.69 Å². The number of hydrogen-bond acceptors (Lipinski definition) is 5. The third-order valence-corrected chi connectivity index (χ3v) is 6.17. The van der Waals surface area contributed by atoms with Crippen LogP contribution in [-0.2, 0) is 4.74 Å². The van der Waals surface area contributed by atoms with Crippen molar-refractivity contribution in [3.8, 4) is 0 Å². The smallest absolute Gasteiger partial charge is 0.257 e. The van der Waals surface area contributed by atoms with Crippen molar-refractivity contribution < 1.29 is 9.53 Å². The molecule has 0 unspecified atom stereocenters. The average Bonchev–Trinajstić information content (AvgIpc) is 2.76. The van der Waals surface area contributed by atoms with Crippen molar-refractivity contribution in [3.05, 3.63) is 59.7 Å². The molecule has 28 heavy (non-hydrogen) atoms. The Hall–Kier alpha value is -2.02. The van der Waals surface area contributed by atoms with Gasteiger partial charge in [-0.2, -0.15) is 0 Å². The third-order valence-electron chi connectivity index (χ3n) is 5.43. The summed E-state index contributed by atoms with van der Waals surface area (Å²) >= 11 is 1.73. The molecule has 6 heteroatoms. The zero-order chi connectivity index (χ0) is 19.3. The van der Waals surface area contributed by atoms with E-state index in [0.717, 1.165) is 62.6 Å². The fourth-order valence-electron chi connectivity index (χ4n) is 3.86. The summed E-state index contributed by atoms with van der Waals surface area (Å²) < 4.78 is 5.43. The van der Waals surface area contributed by atoms with Crippen LogP contribution in [0.25, 0.3) is 0 Å². The number of carbonyl (C=O) groups is 1. The van der Waals surface area contributed by atoms with Gasteiger partial charge in [0.15, 0.2) is 0 Å². The number of ether oxygens (including phenoxy) is 1. The van der Waals surface area contributed by atoms with Gasteiger partial charge in [0, 0.05) is 36.8 Å². The molecule has 0 aromatic heterocycles. The van der Waals surface area contributed by atoms with Crippen LogP contribution in [0.15, 0.2) is 53.4 Å². The third kappa shape index (κ3) is 4.19. The fourth-order valence-corrected chi connectivity index (χ4v) is 4.27. The fraction of sp³-hybridized carbons (Fsp3) is 0.409. The van der Waals surface area contributed by atoms with Crippen molar-refractivity contribution >= 4 is 23.4 Å². The van der Waals surface area contributed by atoms with Crippen molar-refractivity contribution in [2.75, 3.05) is 51.0 Å². The molecule has 0 spiro atoms. The van der Waals surface area contributed by atoms with Crippen LogP contribution >= 0.6 is 11.8 Å². The number of nitrogens with one attached hydrogen (secondary N) is 1. The lowest BCUT2D eigenvalue weighted by molar-refractivity contribution is 0.0348. The molecule has 0 bridgehead atoms.